The van der Waals surface area contributed by atoms with Gasteiger partial charge in [0.25, 0.3) is 5.91 Å². The van der Waals surface area contributed by atoms with Crippen molar-refractivity contribution in [3.8, 4) is 5.75 Å². The first-order chi connectivity index (χ1) is 10.9. The maximum atomic E-state index is 12.3. The number of fused-ring (bicyclic) bond motifs is 2. The Kier molecular flexibility index (Phi) is 3.95. The van der Waals surface area contributed by atoms with Crippen molar-refractivity contribution in [3.63, 3.8) is 0 Å². The van der Waals surface area contributed by atoms with Crippen molar-refractivity contribution >= 4 is 12.2 Å². The number of para-hydroxylation sites is 1. The van der Waals surface area contributed by atoms with Crippen molar-refractivity contribution < 1.29 is 14.3 Å². The Labute approximate surface area is 137 Å². The zero-order chi connectivity index (χ0) is 16.7. The largest absolute Gasteiger partial charge is 0.483 e. The monoisotopic (exact) mass is 315 g/mol. The summed E-state index contributed by atoms with van der Waals surface area (Å²) in [6.45, 7) is 6.90. The molecule has 2 fully saturated rings. The number of amides is 1. The highest BCUT2D eigenvalue weighted by Crippen LogP contribution is 2.65. The Morgan fingerprint density at radius 1 is 1.35 bits per heavy atom. The molecule has 4 heteroatoms. The molecule has 2 bridgehead atoms. The van der Waals surface area contributed by atoms with Gasteiger partial charge in [0.05, 0.1) is 5.56 Å². The summed E-state index contributed by atoms with van der Waals surface area (Å²) in [5.74, 6) is 1.03. The molecule has 0 spiro atoms. The van der Waals surface area contributed by atoms with Crippen molar-refractivity contribution in [2.24, 2.45) is 16.7 Å². The number of carbonyl (C=O) groups excluding carboxylic acids is 2. The number of ether oxygens (including phenoxy) is 1. The van der Waals surface area contributed by atoms with Gasteiger partial charge in [0.15, 0.2) is 12.9 Å². The highest BCUT2D eigenvalue weighted by molar-refractivity contribution is 5.81. The lowest BCUT2D eigenvalue weighted by Crippen LogP contribution is -2.48. The average molecular weight is 315 g/mol. The summed E-state index contributed by atoms with van der Waals surface area (Å²) in [6.07, 6.45) is 4.23. The van der Waals surface area contributed by atoms with Crippen LogP contribution < -0.4 is 10.1 Å². The lowest BCUT2D eigenvalue weighted by molar-refractivity contribution is -0.124. The summed E-state index contributed by atoms with van der Waals surface area (Å²) < 4.78 is 5.52. The van der Waals surface area contributed by atoms with E-state index >= 15 is 0 Å². The third kappa shape index (κ3) is 2.54. The van der Waals surface area contributed by atoms with Crippen LogP contribution in [-0.2, 0) is 4.79 Å². The van der Waals surface area contributed by atoms with Gasteiger partial charge in [-0.3, -0.25) is 9.59 Å². The second-order valence-corrected chi connectivity index (χ2v) is 7.67. The maximum Gasteiger partial charge on any atom is 0.258 e. The standard InChI is InChI=1S/C19H25NO3/c1-18(2)14-8-9-19(18,3)16(10-14)20-17(22)12-23-15-7-5-4-6-13(15)11-21/h4-7,11,14,16H,8-10,12H2,1-3H3,(H,20,22). The Bertz CT molecular complexity index is 625. The molecule has 4 nitrogen and oxygen atoms in total. The van der Waals surface area contributed by atoms with Gasteiger partial charge in [0, 0.05) is 6.04 Å². The number of hydrogen-bond donors (Lipinski definition) is 1. The van der Waals surface area contributed by atoms with Gasteiger partial charge < -0.3 is 10.1 Å². The lowest BCUT2D eigenvalue weighted by Gasteiger charge is -2.39. The zero-order valence-corrected chi connectivity index (χ0v) is 14.1. The van der Waals surface area contributed by atoms with Gasteiger partial charge in [-0.25, -0.2) is 0 Å². The molecule has 2 saturated carbocycles. The van der Waals surface area contributed by atoms with Gasteiger partial charge in [-0.2, -0.15) is 0 Å². The van der Waals surface area contributed by atoms with E-state index in [9.17, 15) is 9.59 Å². The van der Waals surface area contributed by atoms with Gasteiger partial charge in [0.2, 0.25) is 0 Å². The van der Waals surface area contributed by atoms with Crippen LogP contribution in [0.15, 0.2) is 24.3 Å². The van der Waals surface area contributed by atoms with Crippen LogP contribution in [0.3, 0.4) is 0 Å². The van der Waals surface area contributed by atoms with Gasteiger partial charge >= 0.3 is 0 Å². The minimum Gasteiger partial charge on any atom is -0.483 e. The SMILES string of the molecule is CC1(C)C2CCC1(C)C(NC(=O)COc1ccccc1C=O)C2. The van der Waals surface area contributed by atoms with E-state index in [4.69, 9.17) is 4.74 Å². The summed E-state index contributed by atoms with van der Waals surface area (Å²) in [6, 6.07) is 7.17. The number of aldehydes is 1. The molecule has 124 valence electrons. The van der Waals surface area contributed by atoms with E-state index < -0.39 is 0 Å². The Morgan fingerprint density at radius 2 is 2.09 bits per heavy atom. The third-order valence-electron chi connectivity index (χ3n) is 6.53. The Morgan fingerprint density at radius 3 is 2.70 bits per heavy atom. The predicted octanol–water partition coefficient (Wildman–Crippen LogP) is 3.21. The van der Waals surface area contributed by atoms with Crippen LogP contribution in [0.25, 0.3) is 0 Å². The molecule has 1 aromatic carbocycles. The molecule has 3 atom stereocenters. The van der Waals surface area contributed by atoms with E-state index in [2.05, 4.69) is 26.1 Å². The number of hydrogen-bond acceptors (Lipinski definition) is 3. The number of carbonyl (C=O) groups is 2. The van der Waals surface area contributed by atoms with Crippen molar-refractivity contribution in [1.82, 2.24) is 5.32 Å². The first kappa shape index (κ1) is 16.0. The van der Waals surface area contributed by atoms with Gasteiger partial charge in [-0.15, -0.1) is 0 Å². The summed E-state index contributed by atoms with van der Waals surface area (Å²) in [7, 11) is 0. The zero-order valence-electron chi connectivity index (χ0n) is 14.1. The van der Waals surface area contributed by atoms with Crippen LogP contribution >= 0.6 is 0 Å². The molecule has 0 aliphatic heterocycles. The molecular formula is C19H25NO3. The molecule has 1 N–H and O–H groups in total. The molecule has 0 aromatic heterocycles. The van der Waals surface area contributed by atoms with E-state index in [0.29, 0.717) is 17.2 Å². The van der Waals surface area contributed by atoms with Crippen LogP contribution in [0.4, 0.5) is 0 Å². The molecule has 0 saturated heterocycles. The first-order valence-corrected chi connectivity index (χ1v) is 8.35. The van der Waals surface area contributed by atoms with E-state index in [0.717, 1.165) is 12.7 Å². The fourth-order valence-corrected chi connectivity index (χ4v) is 4.51. The van der Waals surface area contributed by atoms with Crippen molar-refractivity contribution in [2.75, 3.05) is 6.61 Å². The molecular weight excluding hydrogens is 290 g/mol. The van der Waals surface area contributed by atoms with E-state index in [-0.39, 0.29) is 29.4 Å². The molecule has 2 aliphatic carbocycles. The molecule has 1 amide bonds. The third-order valence-corrected chi connectivity index (χ3v) is 6.53. The van der Waals surface area contributed by atoms with Crippen molar-refractivity contribution in [1.29, 1.82) is 0 Å². The molecule has 1 aromatic rings. The van der Waals surface area contributed by atoms with Gasteiger partial charge in [-0.1, -0.05) is 32.9 Å². The highest BCUT2D eigenvalue weighted by Gasteiger charge is 2.61. The molecule has 23 heavy (non-hydrogen) atoms. The van der Waals surface area contributed by atoms with Crippen molar-refractivity contribution in [3.05, 3.63) is 29.8 Å². The number of benzene rings is 1. The summed E-state index contributed by atoms with van der Waals surface area (Å²) in [4.78, 5) is 23.2. The van der Waals surface area contributed by atoms with Crippen LogP contribution in [0.1, 0.15) is 50.4 Å². The van der Waals surface area contributed by atoms with Crippen LogP contribution in [-0.4, -0.2) is 24.8 Å². The van der Waals surface area contributed by atoms with Crippen molar-refractivity contribution in [2.45, 2.75) is 46.1 Å². The quantitative estimate of drug-likeness (QED) is 0.849. The smallest absolute Gasteiger partial charge is 0.258 e. The number of nitrogens with one attached hydrogen (secondary N) is 1. The summed E-state index contributed by atoms with van der Waals surface area (Å²) in [5.41, 5.74) is 0.901. The average Bonchev–Trinajstić information content (AvgIpc) is 2.86. The topological polar surface area (TPSA) is 55.4 Å². The number of rotatable bonds is 5. The maximum absolute atomic E-state index is 12.3. The molecule has 0 radical (unpaired) electrons. The highest BCUT2D eigenvalue weighted by atomic mass is 16.5. The Balaban J connectivity index is 1.60. The van der Waals surface area contributed by atoms with Gasteiger partial charge in [0.1, 0.15) is 5.75 Å². The summed E-state index contributed by atoms with van der Waals surface area (Å²) in [5, 5.41) is 3.16. The van der Waals surface area contributed by atoms with Crippen LogP contribution in [0.5, 0.6) is 5.75 Å². The van der Waals surface area contributed by atoms with E-state index in [1.165, 1.54) is 12.8 Å². The van der Waals surface area contributed by atoms with Crippen LogP contribution in [0.2, 0.25) is 0 Å². The normalized spacial score (nSPS) is 30.9. The van der Waals surface area contributed by atoms with E-state index in [1.54, 1.807) is 24.3 Å². The second-order valence-electron chi connectivity index (χ2n) is 7.67. The molecule has 3 unspecified atom stereocenters. The minimum absolute atomic E-state index is 0.0530. The van der Waals surface area contributed by atoms with E-state index in [1.807, 2.05) is 0 Å². The second kappa shape index (κ2) is 5.66. The fourth-order valence-electron chi connectivity index (χ4n) is 4.51. The predicted molar refractivity (Wildman–Crippen MR) is 88.5 cm³/mol. The van der Waals surface area contributed by atoms with Crippen LogP contribution in [0, 0.1) is 16.7 Å². The summed E-state index contributed by atoms with van der Waals surface area (Å²) >= 11 is 0. The van der Waals surface area contributed by atoms with Gasteiger partial charge in [-0.05, 0) is 48.1 Å². The Hall–Kier alpha value is -1.84. The molecule has 3 rings (SSSR count). The fraction of sp³-hybridized carbons (Fsp3) is 0.579. The lowest BCUT2D eigenvalue weighted by atomic mass is 9.69. The first-order valence-electron chi connectivity index (χ1n) is 8.35. The molecule has 0 heterocycles. The minimum atomic E-state index is -0.111. The molecule has 2 aliphatic rings.